The number of amides is 1. The van der Waals surface area contributed by atoms with Crippen molar-refractivity contribution in [3.8, 4) is 11.5 Å². The normalized spacial score (nSPS) is 11.8. The maximum atomic E-state index is 12.9. The zero-order valence-electron chi connectivity index (χ0n) is 20.2. The van der Waals surface area contributed by atoms with Gasteiger partial charge < -0.3 is 14.8 Å². The molecule has 0 aliphatic carbocycles. The highest BCUT2D eigenvalue weighted by Gasteiger charge is 2.25. The lowest BCUT2D eigenvalue weighted by Gasteiger charge is -2.25. The first kappa shape index (κ1) is 24.0. The van der Waals surface area contributed by atoms with E-state index in [1.807, 2.05) is 93.6 Å². The molecule has 4 aromatic carbocycles. The van der Waals surface area contributed by atoms with Crippen LogP contribution < -0.4 is 14.8 Å². The van der Waals surface area contributed by atoms with Gasteiger partial charge in [0.25, 0.3) is 0 Å². The van der Waals surface area contributed by atoms with Gasteiger partial charge in [0.2, 0.25) is 5.91 Å². The molecule has 0 bridgehead atoms. The molecule has 0 fully saturated rings. The van der Waals surface area contributed by atoms with E-state index >= 15 is 0 Å². The summed E-state index contributed by atoms with van der Waals surface area (Å²) in [7, 11) is 0. The van der Waals surface area contributed by atoms with E-state index in [2.05, 4.69) is 5.32 Å². The number of aryl methyl sites for hydroxylation is 1. The summed E-state index contributed by atoms with van der Waals surface area (Å²) in [5, 5.41) is 5.06. The first-order chi connectivity index (χ1) is 16.9. The van der Waals surface area contributed by atoms with Crippen molar-refractivity contribution in [1.29, 1.82) is 0 Å². The van der Waals surface area contributed by atoms with Gasteiger partial charge in [0, 0.05) is 11.5 Å². The highest BCUT2D eigenvalue weighted by atomic mass is 16.6. The molecule has 0 heterocycles. The highest BCUT2D eigenvalue weighted by Crippen LogP contribution is 2.37. The number of hydrogen-bond acceptors (Lipinski definition) is 4. The Kier molecular flexibility index (Phi) is 7.46. The van der Waals surface area contributed by atoms with E-state index in [0.717, 1.165) is 27.5 Å². The van der Waals surface area contributed by atoms with Crippen LogP contribution in [0, 0.1) is 12.8 Å². The lowest BCUT2D eigenvalue weighted by molar-refractivity contribution is -0.136. The summed E-state index contributed by atoms with van der Waals surface area (Å²) < 4.78 is 11.4. The van der Waals surface area contributed by atoms with Crippen LogP contribution in [-0.2, 0) is 9.59 Å². The number of carbonyl (C=O) groups is 2. The predicted octanol–water partition coefficient (Wildman–Crippen LogP) is 5.99. The molecule has 0 aromatic heterocycles. The molecule has 5 nitrogen and oxygen atoms in total. The van der Waals surface area contributed by atoms with Gasteiger partial charge in [-0.25, -0.2) is 4.79 Å². The van der Waals surface area contributed by atoms with Gasteiger partial charge in [-0.1, -0.05) is 92.2 Å². The molecule has 1 amide bonds. The van der Waals surface area contributed by atoms with Crippen molar-refractivity contribution in [2.45, 2.75) is 26.8 Å². The van der Waals surface area contributed by atoms with E-state index in [9.17, 15) is 9.59 Å². The molecule has 5 heteroatoms. The second kappa shape index (κ2) is 10.9. The van der Waals surface area contributed by atoms with E-state index in [1.165, 1.54) is 0 Å². The Bertz CT molecular complexity index is 1310. The zero-order valence-corrected chi connectivity index (χ0v) is 20.2. The van der Waals surface area contributed by atoms with Crippen LogP contribution in [0.3, 0.4) is 0 Å². The maximum absolute atomic E-state index is 12.9. The number of hydrogen-bond donors (Lipinski definition) is 1. The van der Waals surface area contributed by atoms with Crippen molar-refractivity contribution in [2.75, 3.05) is 6.61 Å². The average Bonchev–Trinajstić information content (AvgIpc) is 2.87. The van der Waals surface area contributed by atoms with Crippen LogP contribution in [-0.4, -0.2) is 18.5 Å². The molecule has 0 spiro atoms. The smallest absolute Gasteiger partial charge is 0.349 e. The Hall–Kier alpha value is -4.12. The van der Waals surface area contributed by atoms with Crippen LogP contribution in [0.25, 0.3) is 10.8 Å². The third-order valence-corrected chi connectivity index (χ3v) is 5.76. The molecule has 35 heavy (non-hydrogen) atoms. The molecule has 0 aliphatic heterocycles. The standard InChI is InChI=1S/C30H29NO4/c1-20(2)30(33)31-29(23-15-13-21(3)14-16-23)28-25-12-8-7-9-22(25)17-18-26(28)35-27(32)19-34-24-10-5-4-6-11-24/h4-18,20,29H,19H2,1-3H3,(H,31,33). The minimum Gasteiger partial charge on any atom is -0.482 e. The van der Waals surface area contributed by atoms with Crippen LogP contribution in [0.15, 0.2) is 91.0 Å². The predicted molar refractivity (Wildman–Crippen MR) is 138 cm³/mol. The zero-order chi connectivity index (χ0) is 24.8. The molecule has 178 valence electrons. The quantitative estimate of drug-likeness (QED) is 0.255. The number of fused-ring (bicyclic) bond motifs is 1. The van der Waals surface area contributed by atoms with Crippen LogP contribution in [0.2, 0.25) is 0 Å². The summed E-state index contributed by atoms with van der Waals surface area (Å²) in [5.74, 6) is 0.157. The van der Waals surface area contributed by atoms with Crippen LogP contribution in [0.4, 0.5) is 0 Å². The number of ether oxygens (including phenoxy) is 2. The summed E-state index contributed by atoms with van der Waals surface area (Å²) >= 11 is 0. The number of para-hydroxylation sites is 1. The van der Waals surface area contributed by atoms with Crippen molar-refractivity contribution in [3.63, 3.8) is 0 Å². The molecule has 0 aliphatic rings. The van der Waals surface area contributed by atoms with Gasteiger partial charge in [-0.3, -0.25) is 4.79 Å². The van der Waals surface area contributed by atoms with Gasteiger partial charge >= 0.3 is 5.97 Å². The van der Waals surface area contributed by atoms with Gasteiger partial charge in [0.15, 0.2) is 6.61 Å². The van der Waals surface area contributed by atoms with E-state index in [0.29, 0.717) is 11.5 Å². The molecule has 0 radical (unpaired) electrons. The highest BCUT2D eigenvalue weighted by molar-refractivity contribution is 5.91. The van der Waals surface area contributed by atoms with Crippen LogP contribution in [0.1, 0.15) is 36.6 Å². The van der Waals surface area contributed by atoms with Gasteiger partial charge in [0.05, 0.1) is 6.04 Å². The summed E-state index contributed by atoms with van der Waals surface area (Å²) in [5.41, 5.74) is 2.75. The topological polar surface area (TPSA) is 64.6 Å². The van der Waals surface area contributed by atoms with E-state index in [-0.39, 0.29) is 18.4 Å². The minimum absolute atomic E-state index is 0.0896. The Morgan fingerprint density at radius 1 is 0.829 bits per heavy atom. The van der Waals surface area contributed by atoms with E-state index in [4.69, 9.17) is 9.47 Å². The molecular formula is C30H29NO4. The third-order valence-electron chi connectivity index (χ3n) is 5.76. The van der Waals surface area contributed by atoms with Crippen LogP contribution in [0.5, 0.6) is 11.5 Å². The fourth-order valence-electron chi connectivity index (χ4n) is 3.86. The summed E-state index contributed by atoms with van der Waals surface area (Å²) in [4.78, 5) is 25.6. The number of esters is 1. The second-order valence-corrected chi connectivity index (χ2v) is 8.78. The number of carbonyl (C=O) groups excluding carboxylic acids is 2. The Balaban J connectivity index is 1.74. The van der Waals surface area contributed by atoms with Crippen molar-refractivity contribution < 1.29 is 19.1 Å². The number of rotatable bonds is 8. The third kappa shape index (κ3) is 5.87. The Labute approximate surface area is 205 Å². The molecule has 0 saturated heterocycles. The summed E-state index contributed by atoms with van der Waals surface area (Å²) in [6.07, 6.45) is 0. The van der Waals surface area contributed by atoms with E-state index in [1.54, 1.807) is 18.2 Å². The fourth-order valence-corrected chi connectivity index (χ4v) is 3.86. The number of benzene rings is 4. The Morgan fingerprint density at radius 3 is 2.23 bits per heavy atom. The number of nitrogens with one attached hydrogen (secondary N) is 1. The molecule has 4 aromatic rings. The van der Waals surface area contributed by atoms with Gasteiger partial charge in [-0.2, -0.15) is 0 Å². The average molecular weight is 468 g/mol. The van der Waals surface area contributed by atoms with Gasteiger partial charge in [-0.05, 0) is 41.5 Å². The molecular weight excluding hydrogens is 438 g/mol. The second-order valence-electron chi connectivity index (χ2n) is 8.78. The van der Waals surface area contributed by atoms with Crippen LogP contribution >= 0.6 is 0 Å². The van der Waals surface area contributed by atoms with E-state index < -0.39 is 12.0 Å². The van der Waals surface area contributed by atoms with Crippen molar-refractivity contribution in [2.24, 2.45) is 5.92 Å². The molecule has 1 atom stereocenters. The maximum Gasteiger partial charge on any atom is 0.349 e. The first-order valence-electron chi connectivity index (χ1n) is 11.7. The summed E-state index contributed by atoms with van der Waals surface area (Å²) in [6, 6.07) is 28.2. The van der Waals surface area contributed by atoms with Gasteiger partial charge in [-0.15, -0.1) is 0 Å². The van der Waals surface area contributed by atoms with Crippen molar-refractivity contribution in [3.05, 3.63) is 108 Å². The SMILES string of the molecule is Cc1ccc(C(NC(=O)C(C)C)c2c(OC(=O)COc3ccccc3)ccc3ccccc23)cc1. The molecule has 1 N–H and O–H groups in total. The molecule has 4 rings (SSSR count). The minimum atomic E-state index is -0.525. The summed E-state index contributed by atoms with van der Waals surface area (Å²) in [6.45, 7) is 5.49. The fraction of sp³-hybridized carbons (Fsp3) is 0.200. The van der Waals surface area contributed by atoms with Crippen molar-refractivity contribution in [1.82, 2.24) is 5.32 Å². The molecule has 0 saturated carbocycles. The van der Waals surface area contributed by atoms with Crippen molar-refractivity contribution >= 4 is 22.6 Å². The largest absolute Gasteiger partial charge is 0.482 e. The van der Waals surface area contributed by atoms with Gasteiger partial charge in [0.1, 0.15) is 11.5 Å². The first-order valence-corrected chi connectivity index (χ1v) is 11.7. The lowest BCUT2D eigenvalue weighted by Crippen LogP contribution is -2.33. The molecule has 1 unspecified atom stereocenters. The Morgan fingerprint density at radius 2 is 1.51 bits per heavy atom. The monoisotopic (exact) mass is 467 g/mol. The lowest BCUT2D eigenvalue weighted by atomic mass is 9.91.